The zero-order chi connectivity index (χ0) is 13.2. The average Bonchev–Trinajstić information content (AvgIpc) is 2.27. The number of alkyl halides is 2. The van der Waals surface area contributed by atoms with Crippen molar-refractivity contribution in [3.05, 3.63) is 32.0 Å². The minimum Gasteiger partial charge on any atom is -0.464 e. The molecule has 1 aromatic heterocycles. The number of pyridine rings is 1. The number of aromatic nitrogens is 1. The molecule has 0 spiro atoms. The fourth-order valence-corrected chi connectivity index (χ4v) is 1.54. The Hall–Kier alpha value is -1.64. The van der Waals surface area contributed by atoms with Crippen molar-refractivity contribution in [1.82, 2.24) is 4.98 Å². The van der Waals surface area contributed by atoms with Gasteiger partial charge in [-0.15, -0.1) is 0 Å². The molecule has 0 saturated heterocycles. The SMILES string of the molecule is COC(=O)c1cc([N+](=O)[O-])c(Br)c(C(F)F)n1. The molecule has 1 heterocycles. The van der Waals surface area contributed by atoms with Crippen LogP contribution >= 0.6 is 15.9 Å². The van der Waals surface area contributed by atoms with Crippen molar-refractivity contribution in [2.45, 2.75) is 6.43 Å². The van der Waals surface area contributed by atoms with Gasteiger partial charge in [-0.3, -0.25) is 10.1 Å². The topological polar surface area (TPSA) is 82.3 Å². The van der Waals surface area contributed by atoms with Crippen LogP contribution in [0.15, 0.2) is 10.5 Å². The lowest BCUT2D eigenvalue weighted by molar-refractivity contribution is -0.385. The van der Waals surface area contributed by atoms with Crippen LogP contribution in [0.25, 0.3) is 0 Å². The van der Waals surface area contributed by atoms with Gasteiger partial charge in [-0.25, -0.2) is 18.6 Å². The smallest absolute Gasteiger partial charge is 0.356 e. The maximum Gasteiger partial charge on any atom is 0.356 e. The van der Waals surface area contributed by atoms with E-state index in [0.29, 0.717) is 0 Å². The molecule has 6 nitrogen and oxygen atoms in total. The lowest BCUT2D eigenvalue weighted by Gasteiger charge is -2.05. The van der Waals surface area contributed by atoms with Gasteiger partial charge in [-0.2, -0.15) is 0 Å². The molecular weight excluding hydrogens is 306 g/mol. The van der Waals surface area contributed by atoms with Crippen LogP contribution in [0.2, 0.25) is 0 Å². The summed E-state index contributed by atoms with van der Waals surface area (Å²) in [7, 11) is 1.01. The summed E-state index contributed by atoms with van der Waals surface area (Å²) in [4.78, 5) is 24.1. The van der Waals surface area contributed by atoms with Crippen LogP contribution in [0, 0.1) is 10.1 Å². The Morgan fingerprint density at radius 2 is 2.24 bits per heavy atom. The first-order valence-corrected chi connectivity index (χ1v) is 4.89. The maximum atomic E-state index is 12.6. The Kier molecular flexibility index (Phi) is 4.05. The second-order valence-corrected chi connectivity index (χ2v) is 3.57. The Balaban J connectivity index is 3.47. The average molecular weight is 311 g/mol. The molecule has 0 bridgehead atoms. The number of nitro groups is 1. The number of rotatable bonds is 3. The first-order valence-electron chi connectivity index (χ1n) is 4.09. The van der Waals surface area contributed by atoms with E-state index >= 15 is 0 Å². The number of esters is 1. The highest BCUT2D eigenvalue weighted by atomic mass is 79.9. The third kappa shape index (κ3) is 2.73. The zero-order valence-electron chi connectivity index (χ0n) is 8.32. The molecule has 92 valence electrons. The van der Waals surface area contributed by atoms with Crippen LogP contribution in [0.4, 0.5) is 14.5 Å². The Bertz CT molecular complexity index is 481. The van der Waals surface area contributed by atoms with Crippen molar-refractivity contribution < 1.29 is 23.2 Å². The quantitative estimate of drug-likeness (QED) is 0.486. The maximum absolute atomic E-state index is 12.6. The summed E-state index contributed by atoms with van der Waals surface area (Å²) in [6.07, 6.45) is -3.05. The van der Waals surface area contributed by atoms with E-state index in [1.807, 2.05) is 0 Å². The molecule has 0 radical (unpaired) electrons. The van der Waals surface area contributed by atoms with Gasteiger partial charge in [0.2, 0.25) is 0 Å². The second kappa shape index (κ2) is 5.13. The lowest BCUT2D eigenvalue weighted by atomic mass is 10.2. The first-order chi connectivity index (χ1) is 7.88. The van der Waals surface area contributed by atoms with E-state index < -0.39 is 38.9 Å². The predicted molar refractivity (Wildman–Crippen MR) is 54.9 cm³/mol. The van der Waals surface area contributed by atoms with E-state index in [0.717, 1.165) is 13.2 Å². The van der Waals surface area contributed by atoms with E-state index in [2.05, 4.69) is 25.7 Å². The van der Waals surface area contributed by atoms with Crippen molar-refractivity contribution >= 4 is 27.6 Å². The van der Waals surface area contributed by atoms with E-state index in [1.54, 1.807) is 0 Å². The molecule has 0 aliphatic rings. The number of halogens is 3. The van der Waals surface area contributed by atoms with E-state index in [-0.39, 0.29) is 0 Å². The highest BCUT2D eigenvalue weighted by Gasteiger charge is 2.26. The molecule has 0 fully saturated rings. The Morgan fingerprint density at radius 1 is 1.65 bits per heavy atom. The fraction of sp³-hybridized carbons (Fsp3) is 0.250. The number of ether oxygens (including phenoxy) is 1. The minimum absolute atomic E-state index is 0.454. The molecule has 0 atom stereocenters. The van der Waals surface area contributed by atoms with Crippen molar-refractivity contribution in [2.75, 3.05) is 7.11 Å². The summed E-state index contributed by atoms with van der Waals surface area (Å²) in [5, 5.41) is 10.6. The van der Waals surface area contributed by atoms with Gasteiger partial charge in [-0.1, -0.05) is 0 Å². The summed E-state index contributed by atoms with van der Waals surface area (Å²) in [6, 6.07) is 0.766. The van der Waals surface area contributed by atoms with Crippen molar-refractivity contribution in [2.24, 2.45) is 0 Å². The van der Waals surface area contributed by atoms with Crippen molar-refractivity contribution in [1.29, 1.82) is 0 Å². The van der Waals surface area contributed by atoms with Crippen LogP contribution in [0.5, 0.6) is 0 Å². The number of hydrogen-bond donors (Lipinski definition) is 0. The monoisotopic (exact) mass is 310 g/mol. The number of methoxy groups -OCH3 is 1. The van der Waals surface area contributed by atoms with E-state index in [4.69, 9.17) is 0 Å². The van der Waals surface area contributed by atoms with E-state index in [9.17, 15) is 23.7 Å². The molecule has 0 aliphatic carbocycles. The van der Waals surface area contributed by atoms with Crippen LogP contribution in [-0.2, 0) is 4.74 Å². The molecule has 0 aromatic carbocycles. The molecule has 1 aromatic rings. The van der Waals surface area contributed by atoms with Gasteiger partial charge in [0.25, 0.3) is 12.1 Å². The number of nitrogens with zero attached hydrogens (tertiary/aromatic N) is 2. The van der Waals surface area contributed by atoms with Gasteiger partial charge in [0, 0.05) is 0 Å². The van der Waals surface area contributed by atoms with Crippen LogP contribution in [0.3, 0.4) is 0 Å². The molecule has 0 N–H and O–H groups in total. The molecule has 0 unspecified atom stereocenters. The van der Waals surface area contributed by atoms with Gasteiger partial charge >= 0.3 is 5.97 Å². The van der Waals surface area contributed by atoms with Gasteiger partial charge in [0.15, 0.2) is 5.69 Å². The number of carbonyl (C=O) groups is 1. The summed E-state index contributed by atoms with van der Waals surface area (Å²) >= 11 is 2.65. The third-order valence-corrected chi connectivity index (χ3v) is 2.57. The molecule has 17 heavy (non-hydrogen) atoms. The highest BCUT2D eigenvalue weighted by molar-refractivity contribution is 9.10. The van der Waals surface area contributed by atoms with Crippen LogP contribution < -0.4 is 0 Å². The summed E-state index contributed by atoms with van der Waals surface area (Å²) < 4.78 is 28.9. The third-order valence-electron chi connectivity index (χ3n) is 1.76. The van der Waals surface area contributed by atoms with Gasteiger partial charge < -0.3 is 4.74 Å². The largest absolute Gasteiger partial charge is 0.464 e. The number of carbonyl (C=O) groups excluding carboxylic acids is 1. The Morgan fingerprint density at radius 3 is 2.65 bits per heavy atom. The van der Waals surface area contributed by atoms with Crippen LogP contribution in [-0.4, -0.2) is 23.0 Å². The van der Waals surface area contributed by atoms with Gasteiger partial charge in [-0.05, 0) is 15.9 Å². The normalized spacial score (nSPS) is 10.4. The molecule has 0 amide bonds. The highest BCUT2D eigenvalue weighted by Crippen LogP contribution is 2.33. The predicted octanol–water partition coefficient (Wildman–Crippen LogP) is 2.48. The minimum atomic E-state index is -3.05. The number of hydrogen-bond acceptors (Lipinski definition) is 5. The second-order valence-electron chi connectivity index (χ2n) is 2.78. The van der Waals surface area contributed by atoms with Crippen LogP contribution in [0.1, 0.15) is 22.6 Å². The molecule has 0 aliphatic heterocycles. The fourth-order valence-electron chi connectivity index (χ4n) is 1.02. The summed E-state index contributed by atoms with van der Waals surface area (Å²) in [6.45, 7) is 0. The standard InChI is InChI=1S/C8H5BrF2N2O4/c1-17-8(14)3-2-4(13(15)16)5(9)6(12-3)7(10)11/h2,7H,1H3. The molecule has 9 heteroatoms. The first kappa shape index (κ1) is 13.4. The summed E-state index contributed by atoms with van der Waals surface area (Å²) in [5.41, 5.74) is -2.09. The lowest BCUT2D eigenvalue weighted by Crippen LogP contribution is -2.09. The molecule has 0 saturated carbocycles. The molecule has 1 rings (SSSR count). The summed E-state index contributed by atoms with van der Waals surface area (Å²) in [5.74, 6) is -1.03. The van der Waals surface area contributed by atoms with Crippen molar-refractivity contribution in [3.63, 3.8) is 0 Å². The van der Waals surface area contributed by atoms with E-state index in [1.165, 1.54) is 0 Å². The zero-order valence-corrected chi connectivity index (χ0v) is 9.90. The van der Waals surface area contributed by atoms with Crippen molar-refractivity contribution in [3.8, 4) is 0 Å². The molecular formula is C8H5BrF2N2O4. The van der Waals surface area contributed by atoms with Gasteiger partial charge in [0.05, 0.1) is 18.1 Å². The van der Waals surface area contributed by atoms with Gasteiger partial charge in [0.1, 0.15) is 10.2 Å². The Labute approximate surface area is 102 Å².